The van der Waals surface area contributed by atoms with E-state index < -0.39 is 0 Å². The number of rotatable bonds is 4. The van der Waals surface area contributed by atoms with E-state index in [4.69, 9.17) is 4.42 Å². The van der Waals surface area contributed by atoms with Crippen molar-refractivity contribution in [1.29, 1.82) is 0 Å². The van der Waals surface area contributed by atoms with Crippen molar-refractivity contribution in [2.45, 2.75) is 6.54 Å². The number of furan rings is 1. The fourth-order valence-corrected chi connectivity index (χ4v) is 2.73. The van der Waals surface area contributed by atoms with Crippen molar-refractivity contribution < 1.29 is 13.6 Å². The Balaban J connectivity index is 1.69. The molecule has 25 heavy (non-hydrogen) atoms. The molecule has 0 bridgehead atoms. The van der Waals surface area contributed by atoms with Crippen molar-refractivity contribution in [1.82, 2.24) is 9.55 Å². The van der Waals surface area contributed by atoms with Gasteiger partial charge in [0, 0.05) is 24.9 Å². The van der Waals surface area contributed by atoms with E-state index in [9.17, 15) is 9.18 Å². The number of hydrogen-bond donors (Lipinski definition) is 1. The van der Waals surface area contributed by atoms with Gasteiger partial charge in [0.15, 0.2) is 5.58 Å². The lowest BCUT2D eigenvalue weighted by molar-refractivity contribution is 0.101. The average molecular weight is 335 g/mol. The summed E-state index contributed by atoms with van der Waals surface area (Å²) in [6, 6.07) is 15.0. The van der Waals surface area contributed by atoms with Gasteiger partial charge in [-0.05, 0) is 29.8 Å². The van der Waals surface area contributed by atoms with Crippen LogP contribution in [0.15, 0.2) is 71.5 Å². The molecule has 0 saturated heterocycles. The SMILES string of the molecule is O=C(Nc1ccccn1)c1cc2occc2n1Cc1ccc(F)cc1. The van der Waals surface area contributed by atoms with Gasteiger partial charge >= 0.3 is 0 Å². The van der Waals surface area contributed by atoms with Crippen LogP contribution in [0.25, 0.3) is 11.1 Å². The highest BCUT2D eigenvalue weighted by Gasteiger charge is 2.18. The van der Waals surface area contributed by atoms with E-state index in [0.717, 1.165) is 11.1 Å². The van der Waals surface area contributed by atoms with E-state index >= 15 is 0 Å². The molecule has 1 amide bonds. The van der Waals surface area contributed by atoms with Gasteiger partial charge in [-0.2, -0.15) is 0 Å². The zero-order valence-corrected chi connectivity index (χ0v) is 13.1. The van der Waals surface area contributed by atoms with Crippen molar-refractivity contribution in [2.75, 3.05) is 5.32 Å². The predicted octanol–water partition coefficient (Wildman–Crippen LogP) is 4.07. The number of nitrogens with zero attached hydrogens (tertiary/aromatic N) is 2. The van der Waals surface area contributed by atoms with Crippen molar-refractivity contribution in [2.24, 2.45) is 0 Å². The highest BCUT2D eigenvalue weighted by Crippen LogP contribution is 2.23. The Hall–Kier alpha value is -3.41. The summed E-state index contributed by atoms with van der Waals surface area (Å²) >= 11 is 0. The number of carbonyl (C=O) groups is 1. The Morgan fingerprint density at radius 1 is 1.16 bits per heavy atom. The molecule has 4 aromatic rings. The van der Waals surface area contributed by atoms with Crippen molar-refractivity contribution >= 4 is 22.8 Å². The van der Waals surface area contributed by atoms with Crippen LogP contribution in [0.3, 0.4) is 0 Å². The number of anilines is 1. The van der Waals surface area contributed by atoms with Crippen LogP contribution in [0.2, 0.25) is 0 Å². The lowest BCUT2D eigenvalue weighted by Gasteiger charge is -2.10. The first-order valence-electron chi connectivity index (χ1n) is 7.74. The largest absolute Gasteiger partial charge is 0.463 e. The molecule has 0 aliphatic rings. The summed E-state index contributed by atoms with van der Waals surface area (Å²) in [5.41, 5.74) is 2.75. The van der Waals surface area contributed by atoms with Gasteiger partial charge in [-0.15, -0.1) is 0 Å². The Labute approximate surface area is 142 Å². The maximum Gasteiger partial charge on any atom is 0.273 e. The van der Waals surface area contributed by atoms with E-state index in [1.807, 2.05) is 4.57 Å². The average Bonchev–Trinajstić information content (AvgIpc) is 3.20. The van der Waals surface area contributed by atoms with Gasteiger partial charge in [-0.3, -0.25) is 4.79 Å². The number of carbonyl (C=O) groups excluding carboxylic acids is 1. The molecule has 0 aliphatic heterocycles. The van der Waals surface area contributed by atoms with Gasteiger partial charge in [0.1, 0.15) is 17.3 Å². The highest BCUT2D eigenvalue weighted by molar-refractivity contribution is 6.05. The molecule has 0 aliphatic carbocycles. The van der Waals surface area contributed by atoms with Gasteiger partial charge in [0.2, 0.25) is 0 Å². The normalized spacial score (nSPS) is 10.9. The number of pyridine rings is 1. The number of aromatic nitrogens is 2. The third kappa shape index (κ3) is 3.01. The van der Waals surface area contributed by atoms with Gasteiger partial charge in [-0.25, -0.2) is 9.37 Å². The van der Waals surface area contributed by atoms with Crippen molar-refractivity contribution in [3.63, 3.8) is 0 Å². The number of amides is 1. The van der Waals surface area contributed by atoms with E-state index in [0.29, 0.717) is 23.6 Å². The molecule has 0 fully saturated rings. The summed E-state index contributed by atoms with van der Waals surface area (Å²) in [6.45, 7) is 0.425. The maximum absolute atomic E-state index is 13.1. The fraction of sp³-hybridized carbons (Fsp3) is 0.0526. The van der Waals surface area contributed by atoms with Gasteiger partial charge < -0.3 is 14.3 Å². The topological polar surface area (TPSA) is 60.1 Å². The Morgan fingerprint density at radius 2 is 2.00 bits per heavy atom. The number of hydrogen-bond acceptors (Lipinski definition) is 3. The predicted molar refractivity (Wildman–Crippen MR) is 91.9 cm³/mol. The second-order valence-corrected chi connectivity index (χ2v) is 5.58. The highest BCUT2D eigenvalue weighted by atomic mass is 19.1. The van der Waals surface area contributed by atoms with Gasteiger partial charge in [-0.1, -0.05) is 18.2 Å². The minimum Gasteiger partial charge on any atom is -0.463 e. The smallest absolute Gasteiger partial charge is 0.273 e. The van der Waals surface area contributed by atoms with E-state index in [-0.39, 0.29) is 11.7 Å². The summed E-state index contributed by atoms with van der Waals surface area (Å²) in [4.78, 5) is 16.8. The van der Waals surface area contributed by atoms with Crippen LogP contribution in [0.4, 0.5) is 10.2 Å². The van der Waals surface area contributed by atoms with Crippen LogP contribution in [0.5, 0.6) is 0 Å². The fourth-order valence-electron chi connectivity index (χ4n) is 2.73. The molecule has 0 radical (unpaired) electrons. The zero-order chi connectivity index (χ0) is 17.2. The molecule has 4 rings (SSSR count). The molecule has 1 N–H and O–H groups in total. The Bertz CT molecular complexity index is 1020. The molecule has 6 heteroatoms. The van der Waals surface area contributed by atoms with Crippen LogP contribution < -0.4 is 5.32 Å². The Kier molecular flexibility index (Phi) is 3.78. The first-order chi connectivity index (χ1) is 12.2. The molecular formula is C19H14FN3O2. The van der Waals surface area contributed by atoms with Gasteiger partial charge in [0.25, 0.3) is 5.91 Å². The molecule has 0 saturated carbocycles. The van der Waals surface area contributed by atoms with Crippen molar-refractivity contribution in [3.8, 4) is 0 Å². The van der Waals surface area contributed by atoms with Crippen LogP contribution >= 0.6 is 0 Å². The molecule has 3 aromatic heterocycles. The van der Waals surface area contributed by atoms with Crippen LogP contribution in [0, 0.1) is 5.82 Å². The summed E-state index contributed by atoms with van der Waals surface area (Å²) in [7, 11) is 0. The number of halogens is 1. The molecule has 3 heterocycles. The van der Waals surface area contributed by atoms with Gasteiger partial charge in [0.05, 0.1) is 11.8 Å². The van der Waals surface area contributed by atoms with E-state index in [2.05, 4.69) is 10.3 Å². The first kappa shape index (κ1) is 15.1. The second-order valence-electron chi connectivity index (χ2n) is 5.58. The summed E-state index contributed by atoms with van der Waals surface area (Å²) < 4.78 is 20.4. The van der Waals surface area contributed by atoms with E-state index in [1.54, 1.807) is 54.9 Å². The monoisotopic (exact) mass is 335 g/mol. The lowest BCUT2D eigenvalue weighted by atomic mass is 10.2. The molecule has 124 valence electrons. The molecule has 5 nitrogen and oxygen atoms in total. The maximum atomic E-state index is 13.1. The standard InChI is InChI=1S/C19H14FN3O2/c20-14-6-4-13(5-7-14)12-23-15-8-10-25-17(15)11-16(23)19(24)22-18-3-1-2-9-21-18/h1-11H,12H2,(H,21,22,24). The van der Waals surface area contributed by atoms with E-state index in [1.165, 1.54) is 12.1 Å². The zero-order valence-electron chi connectivity index (χ0n) is 13.1. The Morgan fingerprint density at radius 3 is 2.76 bits per heavy atom. The van der Waals surface area contributed by atoms with Crippen molar-refractivity contribution in [3.05, 3.63) is 84.1 Å². The summed E-state index contributed by atoms with van der Waals surface area (Å²) in [6.07, 6.45) is 3.19. The number of fused-ring (bicyclic) bond motifs is 1. The first-order valence-corrected chi connectivity index (χ1v) is 7.74. The lowest BCUT2D eigenvalue weighted by Crippen LogP contribution is -2.18. The summed E-state index contributed by atoms with van der Waals surface area (Å²) in [5.74, 6) is -0.108. The molecular weight excluding hydrogens is 321 g/mol. The van der Waals surface area contributed by atoms with Crippen LogP contribution in [-0.2, 0) is 6.54 Å². The quantitative estimate of drug-likeness (QED) is 0.611. The molecule has 0 spiro atoms. The molecule has 1 aromatic carbocycles. The summed E-state index contributed by atoms with van der Waals surface area (Å²) in [5, 5.41) is 2.77. The minimum atomic E-state index is -0.294. The third-order valence-electron chi connectivity index (χ3n) is 3.92. The number of benzene rings is 1. The van der Waals surface area contributed by atoms with Crippen LogP contribution in [-0.4, -0.2) is 15.5 Å². The third-order valence-corrected chi connectivity index (χ3v) is 3.92. The minimum absolute atomic E-state index is 0.285. The second kappa shape index (κ2) is 6.24. The molecule has 0 unspecified atom stereocenters. The number of nitrogens with one attached hydrogen (secondary N) is 1. The van der Waals surface area contributed by atoms with Crippen LogP contribution in [0.1, 0.15) is 16.1 Å². The molecule has 0 atom stereocenters.